The fraction of sp³-hybridized carbons (Fsp3) is 0.417. The molecule has 0 amide bonds. The molecule has 0 saturated carbocycles. The molecule has 0 unspecified atom stereocenters. The van der Waals surface area contributed by atoms with Gasteiger partial charge in [-0.1, -0.05) is 12.1 Å². The average molecular weight is 432 g/mol. The van der Waals surface area contributed by atoms with Crippen LogP contribution in [0.1, 0.15) is 37.7 Å². The summed E-state index contributed by atoms with van der Waals surface area (Å²) in [6.07, 6.45) is 4.41. The first-order valence-electron chi connectivity index (χ1n) is 10.4. The molecule has 2 aliphatic rings. The monoisotopic (exact) mass is 432 g/mol. The van der Waals surface area contributed by atoms with Gasteiger partial charge in [0.25, 0.3) is 0 Å². The van der Waals surface area contributed by atoms with Gasteiger partial charge in [-0.3, -0.25) is 0 Å². The molecule has 0 radical (unpaired) electrons. The molecular formula is C24H24N4O4. The Kier molecular flexibility index (Phi) is 6.71. The van der Waals surface area contributed by atoms with E-state index in [-0.39, 0.29) is 30.4 Å². The van der Waals surface area contributed by atoms with Crippen molar-refractivity contribution in [3.63, 3.8) is 0 Å². The Hall–Kier alpha value is -3.96. The van der Waals surface area contributed by atoms with Crippen LogP contribution in [0.4, 0.5) is 0 Å². The summed E-state index contributed by atoms with van der Waals surface area (Å²) in [5, 5.41) is 29.9. The minimum atomic E-state index is -1.69. The largest absolute Gasteiger partial charge is 0.493 e. The Morgan fingerprint density at radius 3 is 2.62 bits per heavy atom. The molecule has 0 aromatic heterocycles. The van der Waals surface area contributed by atoms with Crippen LogP contribution in [0.3, 0.4) is 0 Å². The topological polar surface area (TPSA) is 142 Å². The van der Waals surface area contributed by atoms with Crippen LogP contribution >= 0.6 is 0 Å². The molecule has 1 aromatic carbocycles. The molecule has 0 bridgehead atoms. The van der Waals surface area contributed by atoms with Crippen LogP contribution < -0.4 is 15.2 Å². The molecule has 32 heavy (non-hydrogen) atoms. The number of hydrogen-bond acceptors (Lipinski definition) is 8. The Bertz CT molecular complexity index is 1090. The number of nitrogens with zero attached hydrogens (tertiary/aromatic N) is 3. The third-order valence-electron chi connectivity index (χ3n) is 6.00. The maximum absolute atomic E-state index is 11.6. The van der Waals surface area contributed by atoms with E-state index in [1.54, 1.807) is 25.1 Å². The predicted molar refractivity (Wildman–Crippen MR) is 114 cm³/mol. The lowest BCUT2D eigenvalue weighted by Crippen LogP contribution is -2.42. The summed E-state index contributed by atoms with van der Waals surface area (Å²) in [6.45, 7) is 1.69. The van der Waals surface area contributed by atoms with Crippen molar-refractivity contribution < 1.29 is 19.0 Å². The Morgan fingerprint density at radius 1 is 1.25 bits per heavy atom. The van der Waals surface area contributed by atoms with Gasteiger partial charge in [0.15, 0.2) is 23.5 Å². The number of carbonyl (C=O) groups is 1. The van der Waals surface area contributed by atoms with Gasteiger partial charge in [0.2, 0.25) is 0 Å². The molecule has 1 aromatic rings. The third kappa shape index (κ3) is 3.74. The van der Waals surface area contributed by atoms with Crippen molar-refractivity contribution in [3.05, 3.63) is 46.7 Å². The van der Waals surface area contributed by atoms with E-state index in [0.29, 0.717) is 17.1 Å². The van der Waals surface area contributed by atoms with Crippen molar-refractivity contribution >= 4 is 5.97 Å². The summed E-state index contributed by atoms with van der Waals surface area (Å²) < 4.78 is 15.9. The van der Waals surface area contributed by atoms with Gasteiger partial charge in [0, 0.05) is 5.92 Å². The zero-order valence-electron chi connectivity index (χ0n) is 18.1. The molecule has 2 N–H and O–H groups in total. The van der Waals surface area contributed by atoms with Gasteiger partial charge < -0.3 is 19.9 Å². The number of nitriles is 3. The van der Waals surface area contributed by atoms with E-state index in [2.05, 4.69) is 18.2 Å². The van der Waals surface area contributed by atoms with Crippen molar-refractivity contribution in [1.82, 2.24) is 0 Å². The van der Waals surface area contributed by atoms with E-state index in [1.165, 1.54) is 7.11 Å². The second-order valence-corrected chi connectivity index (χ2v) is 7.61. The van der Waals surface area contributed by atoms with Gasteiger partial charge >= 0.3 is 5.97 Å². The van der Waals surface area contributed by atoms with E-state index < -0.39 is 17.3 Å². The lowest BCUT2D eigenvalue weighted by atomic mass is 9.57. The van der Waals surface area contributed by atoms with E-state index in [4.69, 9.17) is 19.9 Å². The fourth-order valence-electron chi connectivity index (χ4n) is 4.59. The molecule has 8 heteroatoms. The molecule has 0 aliphatic heterocycles. The van der Waals surface area contributed by atoms with E-state index in [9.17, 15) is 20.6 Å². The molecule has 0 saturated heterocycles. The molecule has 0 heterocycles. The highest BCUT2D eigenvalue weighted by Crippen LogP contribution is 2.56. The van der Waals surface area contributed by atoms with Crippen LogP contribution in [-0.4, -0.2) is 26.3 Å². The third-order valence-corrected chi connectivity index (χ3v) is 6.00. The van der Waals surface area contributed by atoms with Crippen molar-refractivity contribution in [1.29, 1.82) is 15.8 Å². The first-order chi connectivity index (χ1) is 15.5. The summed E-state index contributed by atoms with van der Waals surface area (Å²) in [6, 6.07) is 11.4. The predicted octanol–water partition coefficient (Wildman–Crippen LogP) is 3.23. The van der Waals surface area contributed by atoms with E-state index in [1.807, 2.05) is 6.08 Å². The Morgan fingerprint density at radius 2 is 2.00 bits per heavy atom. The fourth-order valence-corrected chi connectivity index (χ4v) is 4.59. The highest BCUT2D eigenvalue weighted by atomic mass is 16.6. The summed E-state index contributed by atoms with van der Waals surface area (Å²) in [5.74, 6) is -0.611. The quantitative estimate of drug-likeness (QED) is 0.675. The molecule has 8 nitrogen and oxygen atoms in total. The number of allylic oxidation sites excluding steroid dienone is 4. The lowest BCUT2D eigenvalue weighted by molar-refractivity contribution is -0.145. The van der Waals surface area contributed by atoms with Gasteiger partial charge in [-0.15, -0.1) is 0 Å². The Labute approximate surface area is 187 Å². The number of rotatable bonds is 6. The standard InChI is InChI=1S/C24H24N4O4/c1-3-31-21(29)12-32-19-9-8-15(10-20(19)30-2)22-17-7-5-4-6-16(17)18(11-25)23(28)24(22,13-26)14-27/h6,8-10,17,22H,3-5,7,12,28H2,1-2H3/t17-,22+/m1/s1. The van der Waals surface area contributed by atoms with E-state index in [0.717, 1.165) is 24.8 Å². The number of benzene rings is 1. The van der Waals surface area contributed by atoms with Crippen LogP contribution in [0.2, 0.25) is 0 Å². The second kappa shape index (κ2) is 9.45. The normalized spacial score (nSPS) is 21.2. The number of nitrogens with two attached hydrogens (primary N) is 1. The molecule has 2 atom stereocenters. The maximum atomic E-state index is 11.6. The van der Waals surface area contributed by atoms with E-state index >= 15 is 0 Å². The summed E-state index contributed by atoms with van der Waals surface area (Å²) in [7, 11) is 1.47. The van der Waals surface area contributed by atoms with Crippen molar-refractivity contribution in [2.75, 3.05) is 20.3 Å². The van der Waals surface area contributed by atoms with Gasteiger partial charge in [-0.2, -0.15) is 15.8 Å². The summed E-state index contributed by atoms with van der Waals surface area (Å²) >= 11 is 0. The van der Waals surface area contributed by atoms with Gasteiger partial charge in [0.1, 0.15) is 6.07 Å². The average Bonchev–Trinajstić information content (AvgIpc) is 2.82. The maximum Gasteiger partial charge on any atom is 0.344 e. The molecule has 3 rings (SSSR count). The second-order valence-electron chi connectivity index (χ2n) is 7.61. The first kappa shape index (κ1) is 22.7. The number of hydrogen-bond donors (Lipinski definition) is 1. The highest BCUT2D eigenvalue weighted by molar-refractivity contribution is 5.71. The number of carbonyl (C=O) groups excluding carboxylic acids is 1. The van der Waals surface area contributed by atoms with Crippen LogP contribution in [-0.2, 0) is 9.53 Å². The highest BCUT2D eigenvalue weighted by Gasteiger charge is 2.53. The first-order valence-corrected chi connectivity index (χ1v) is 10.4. The molecule has 0 spiro atoms. The number of ether oxygens (including phenoxy) is 3. The SMILES string of the molecule is CCOC(=O)COc1ccc([C@H]2[C@@H]3CCCC=C3C(C#N)=C(N)C2(C#N)C#N)cc1OC. The minimum absolute atomic E-state index is 0.0130. The number of fused-ring (bicyclic) bond motifs is 1. The van der Waals surface area contributed by atoms with Crippen LogP contribution in [0.25, 0.3) is 0 Å². The van der Waals surface area contributed by atoms with Gasteiger partial charge in [-0.25, -0.2) is 4.79 Å². The van der Waals surface area contributed by atoms with Gasteiger partial charge in [0.05, 0.1) is 37.1 Å². The van der Waals surface area contributed by atoms with Crippen LogP contribution in [0.15, 0.2) is 41.1 Å². The zero-order valence-corrected chi connectivity index (χ0v) is 18.1. The molecular weight excluding hydrogens is 408 g/mol. The Balaban J connectivity index is 2.10. The molecule has 2 aliphatic carbocycles. The summed E-state index contributed by atoms with van der Waals surface area (Å²) in [4.78, 5) is 11.6. The van der Waals surface area contributed by atoms with Gasteiger partial charge in [-0.05, 0) is 55.4 Å². The van der Waals surface area contributed by atoms with Crippen LogP contribution in [0.5, 0.6) is 11.5 Å². The molecule has 164 valence electrons. The lowest BCUT2D eigenvalue weighted by Gasteiger charge is -2.43. The van der Waals surface area contributed by atoms with Crippen molar-refractivity contribution in [2.45, 2.75) is 32.1 Å². The number of esters is 1. The summed E-state index contributed by atoms with van der Waals surface area (Å²) in [5.41, 5.74) is 6.29. The smallest absolute Gasteiger partial charge is 0.344 e. The van der Waals surface area contributed by atoms with Crippen LogP contribution in [0, 0.1) is 45.3 Å². The number of methoxy groups -OCH3 is 1. The van der Waals surface area contributed by atoms with Crippen molar-refractivity contribution in [3.8, 4) is 29.7 Å². The van der Waals surface area contributed by atoms with Crippen molar-refractivity contribution in [2.24, 2.45) is 17.1 Å². The zero-order chi connectivity index (χ0) is 23.3. The molecule has 0 fully saturated rings. The minimum Gasteiger partial charge on any atom is -0.493 e.